The van der Waals surface area contributed by atoms with Gasteiger partial charge in [0.25, 0.3) is 0 Å². The first-order valence-electron chi connectivity index (χ1n) is 7.09. The predicted octanol–water partition coefficient (Wildman–Crippen LogP) is 4.34. The van der Waals surface area contributed by atoms with E-state index in [-0.39, 0.29) is 5.92 Å². The maximum Gasteiger partial charge on any atom is 0.306 e. The van der Waals surface area contributed by atoms with Crippen LogP contribution in [0.25, 0.3) is 0 Å². The van der Waals surface area contributed by atoms with Gasteiger partial charge >= 0.3 is 5.97 Å². The van der Waals surface area contributed by atoms with Crippen LogP contribution in [0.1, 0.15) is 66.2 Å². The van der Waals surface area contributed by atoms with E-state index in [1.807, 2.05) is 0 Å². The summed E-state index contributed by atoms with van der Waals surface area (Å²) in [5, 5.41) is 9.30. The topological polar surface area (TPSA) is 37.3 Å². The van der Waals surface area contributed by atoms with Gasteiger partial charge in [0, 0.05) is 0 Å². The fraction of sp³-hybridized carbons (Fsp3) is 0.933. The van der Waals surface area contributed by atoms with Crippen molar-refractivity contribution in [3.05, 3.63) is 0 Å². The molecule has 0 aromatic carbocycles. The Morgan fingerprint density at radius 3 is 2.41 bits per heavy atom. The van der Waals surface area contributed by atoms with Crippen molar-refractivity contribution in [1.82, 2.24) is 0 Å². The predicted molar refractivity (Wildman–Crippen MR) is 70.9 cm³/mol. The van der Waals surface area contributed by atoms with Crippen molar-refractivity contribution in [3.8, 4) is 0 Å². The molecule has 0 radical (unpaired) electrons. The lowest BCUT2D eigenvalue weighted by Gasteiger charge is -2.40. The summed E-state index contributed by atoms with van der Waals surface area (Å²) in [5.74, 6) is 0.448. The van der Waals surface area contributed by atoms with E-state index < -0.39 is 5.97 Å². The highest BCUT2D eigenvalue weighted by atomic mass is 16.4. The van der Waals surface area contributed by atoms with E-state index in [0.29, 0.717) is 17.3 Å². The molecule has 3 unspecified atom stereocenters. The molecule has 0 amide bonds. The molecule has 1 N–H and O–H groups in total. The summed E-state index contributed by atoms with van der Waals surface area (Å²) in [4.78, 5) is 11.3. The van der Waals surface area contributed by atoms with Gasteiger partial charge in [-0.15, -0.1) is 0 Å². The van der Waals surface area contributed by atoms with Crippen LogP contribution in [0, 0.1) is 23.2 Å². The van der Waals surface area contributed by atoms with E-state index in [9.17, 15) is 9.90 Å². The standard InChI is InChI=1S/C15H28O2/c1-5-6-7-11-10-12(15(2,3)4)8-9-13(11)14(16)17/h11-13H,5-10H2,1-4H3,(H,16,17). The van der Waals surface area contributed by atoms with Crippen molar-refractivity contribution < 1.29 is 9.90 Å². The van der Waals surface area contributed by atoms with E-state index in [1.165, 1.54) is 12.8 Å². The second-order valence-corrected chi connectivity index (χ2v) is 6.72. The van der Waals surface area contributed by atoms with Crippen LogP contribution < -0.4 is 0 Å². The average molecular weight is 240 g/mol. The largest absolute Gasteiger partial charge is 0.481 e. The molecule has 100 valence electrons. The number of hydrogen-bond donors (Lipinski definition) is 1. The van der Waals surface area contributed by atoms with Crippen molar-refractivity contribution in [1.29, 1.82) is 0 Å². The lowest BCUT2D eigenvalue weighted by atomic mass is 9.64. The Kier molecular flexibility index (Phi) is 5.03. The molecule has 1 aliphatic carbocycles. The fourth-order valence-electron chi connectivity index (χ4n) is 3.16. The highest BCUT2D eigenvalue weighted by Crippen LogP contribution is 2.44. The van der Waals surface area contributed by atoms with Crippen LogP contribution in [0.3, 0.4) is 0 Å². The number of hydrogen-bond acceptors (Lipinski definition) is 1. The molecule has 2 nitrogen and oxygen atoms in total. The zero-order valence-corrected chi connectivity index (χ0v) is 11.8. The molecule has 0 aromatic rings. The first-order valence-corrected chi connectivity index (χ1v) is 7.09. The van der Waals surface area contributed by atoms with Crippen LogP contribution in [-0.4, -0.2) is 11.1 Å². The third kappa shape index (κ3) is 4.01. The molecule has 0 aromatic heterocycles. The molecule has 17 heavy (non-hydrogen) atoms. The van der Waals surface area contributed by atoms with Gasteiger partial charge in [-0.3, -0.25) is 4.79 Å². The van der Waals surface area contributed by atoms with E-state index in [1.54, 1.807) is 0 Å². The number of carboxylic acids is 1. The molecule has 1 fully saturated rings. The van der Waals surface area contributed by atoms with Crippen LogP contribution in [0.4, 0.5) is 0 Å². The number of carbonyl (C=O) groups is 1. The van der Waals surface area contributed by atoms with Gasteiger partial charge in [-0.05, 0) is 42.9 Å². The quantitative estimate of drug-likeness (QED) is 0.793. The van der Waals surface area contributed by atoms with Crippen molar-refractivity contribution in [2.45, 2.75) is 66.2 Å². The molecule has 1 aliphatic rings. The Bertz CT molecular complexity index is 252. The van der Waals surface area contributed by atoms with Crippen molar-refractivity contribution in [3.63, 3.8) is 0 Å². The van der Waals surface area contributed by atoms with E-state index in [0.717, 1.165) is 25.7 Å². The minimum Gasteiger partial charge on any atom is -0.481 e. The fourth-order valence-corrected chi connectivity index (χ4v) is 3.16. The first-order chi connectivity index (χ1) is 7.86. The molecule has 1 saturated carbocycles. The molecular formula is C15H28O2. The molecule has 1 rings (SSSR count). The zero-order valence-electron chi connectivity index (χ0n) is 11.8. The number of aliphatic carboxylic acids is 1. The number of rotatable bonds is 4. The molecule has 0 heterocycles. The molecule has 2 heteroatoms. The van der Waals surface area contributed by atoms with Gasteiger partial charge in [0.05, 0.1) is 5.92 Å². The Morgan fingerprint density at radius 2 is 1.94 bits per heavy atom. The maximum absolute atomic E-state index is 11.3. The Hall–Kier alpha value is -0.530. The highest BCUT2D eigenvalue weighted by Gasteiger charge is 2.38. The first kappa shape index (κ1) is 14.5. The summed E-state index contributed by atoms with van der Waals surface area (Å²) < 4.78 is 0. The van der Waals surface area contributed by atoms with E-state index >= 15 is 0 Å². The lowest BCUT2D eigenvalue weighted by Crippen LogP contribution is -2.35. The van der Waals surface area contributed by atoms with Gasteiger partial charge in [-0.25, -0.2) is 0 Å². The second kappa shape index (κ2) is 5.88. The van der Waals surface area contributed by atoms with Crippen LogP contribution >= 0.6 is 0 Å². The minimum absolute atomic E-state index is 0.0832. The third-order valence-corrected chi connectivity index (χ3v) is 4.45. The van der Waals surface area contributed by atoms with Gasteiger partial charge in [-0.1, -0.05) is 40.5 Å². The average Bonchev–Trinajstić information content (AvgIpc) is 2.24. The molecular weight excluding hydrogens is 212 g/mol. The van der Waals surface area contributed by atoms with Gasteiger partial charge < -0.3 is 5.11 Å². The number of unbranched alkanes of at least 4 members (excludes halogenated alkanes) is 1. The Morgan fingerprint density at radius 1 is 1.29 bits per heavy atom. The minimum atomic E-state index is -0.571. The van der Waals surface area contributed by atoms with Gasteiger partial charge in [-0.2, -0.15) is 0 Å². The van der Waals surface area contributed by atoms with Crippen LogP contribution in [0.5, 0.6) is 0 Å². The van der Waals surface area contributed by atoms with Gasteiger partial charge in [0.2, 0.25) is 0 Å². The lowest BCUT2D eigenvalue weighted by molar-refractivity contribution is -0.146. The van der Waals surface area contributed by atoms with Crippen LogP contribution in [0.2, 0.25) is 0 Å². The molecule has 3 atom stereocenters. The summed E-state index contributed by atoms with van der Waals surface area (Å²) in [7, 11) is 0. The maximum atomic E-state index is 11.3. The van der Waals surface area contributed by atoms with Crippen LogP contribution in [0.15, 0.2) is 0 Å². The third-order valence-electron chi connectivity index (χ3n) is 4.45. The SMILES string of the molecule is CCCCC1CC(C(C)(C)C)CCC1C(=O)O. The zero-order chi connectivity index (χ0) is 13.1. The van der Waals surface area contributed by atoms with Crippen LogP contribution in [-0.2, 0) is 4.79 Å². The summed E-state index contributed by atoms with van der Waals surface area (Å²) in [5.41, 5.74) is 0.327. The molecule has 0 aliphatic heterocycles. The van der Waals surface area contributed by atoms with Crippen molar-refractivity contribution in [2.75, 3.05) is 0 Å². The summed E-state index contributed by atoms with van der Waals surface area (Å²) >= 11 is 0. The Balaban J connectivity index is 2.66. The molecule has 0 saturated heterocycles. The van der Waals surface area contributed by atoms with Gasteiger partial charge in [0.15, 0.2) is 0 Å². The Labute approximate surface area is 106 Å². The highest BCUT2D eigenvalue weighted by molar-refractivity contribution is 5.70. The van der Waals surface area contributed by atoms with Crippen molar-refractivity contribution in [2.24, 2.45) is 23.2 Å². The normalized spacial score (nSPS) is 30.2. The molecule has 0 bridgehead atoms. The van der Waals surface area contributed by atoms with Gasteiger partial charge in [0.1, 0.15) is 0 Å². The monoisotopic (exact) mass is 240 g/mol. The molecule has 0 spiro atoms. The summed E-state index contributed by atoms with van der Waals surface area (Å²) in [6.45, 7) is 9.04. The number of carboxylic acid groups (broad SMARTS) is 1. The second-order valence-electron chi connectivity index (χ2n) is 6.72. The van der Waals surface area contributed by atoms with E-state index in [4.69, 9.17) is 0 Å². The van der Waals surface area contributed by atoms with E-state index in [2.05, 4.69) is 27.7 Å². The summed E-state index contributed by atoms with van der Waals surface area (Å²) in [6.07, 6.45) is 6.52. The smallest absolute Gasteiger partial charge is 0.306 e. The van der Waals surface area contributed by atoms with Crippen molar-refractivity contribution >= 4 is 5.97 Å². The summed E-state index contributed by atoms with van der Waals surface area (Å²) in [6, 6.07) is 0.